The van der Waals surface area contributed by atoms with Crippen molar-refractivity contribution >= 4 is 40.3 Å². The highest BCUT2D eigenvalue weighted by Gasteiger charge is 2.34. The van der Waals surface area contributed by atoms with Crippen molar-refractivity contribution in [3.8, 4) is 0 Å². The van der Waals surface area contributed by atoms with Crippen LogP contribution in [0.1, 0.15) is 61.2 Å². The molecule has 2 amide bonds. The minimum Gasteiger partial charge on any atom is -0.397 e. The largest absolute Gasteiger partial charge is 0.397 e. The van der Waals surface area contributed by atoms with Gasteiger partial charge in [0, 0.05) is 81.1 Å². The maximum atomic E-state index is 12.9. The highest BCUT2D eigenvalue weighted by molar-refractivity contribution is 5.94. The zero-order valence-electron chi connectivity index (χ0n) is 29.6. The van der Waals surface area contributed by atoms with Crippen LogP contribution in [-0.4, -0.2) is 65.6 Å². The summed E-state index contributed by atoms with van der Waals surface area (Å²) in [6.07, 6.45) is 1.25. The number of nitrogen functional groups attached to an aromatic ring is 1. The molecule has 13 nitrogen and oxygen atoms in total. The lowest BCUT2D eigenvalue weighted by molar-refractivity contribution is -0.384. The Morgan fingerprint density at radius 3 is 2.21 bits per heavy atom. The molecular formula is C40H46N6O7. The Labute approximate surface area is 308 Å². The molecule has 0 spiro atoms. The van der Waals surface area contributed by atoms with E-state index in [0.29, 0.717) is 42.9 Å². The number of nitro groups is 1. The van der Waals surface area contributed by atoms with Gasteiger partial charge in [-0.05, 0) is 60.4 Å². The molecule has 3 atom stereocenters. The van der Waals surface area contributed by atoms with E-state index in [-0.39, 0.29) is 54.1 Å². The number of carbonyl (C=O) groups excluding carboxylic acids is 2. The van der Waals surface area contributed by atoms with Crippen molar-refractivity contribution < 1.29 is 29.1 Å². The Bertz CT molecular complexity index is 1850. The summed E-state index contributed by atoms with van der Waals surface area (Å²) in [5.74, 6) is -0.290. The zero-order valence-corrected chi connectivity index (χ0v) is 29.6. The fourth-order valence-corrected chi connectivity index (χ4v) is 6.68. The molecule has 4 aromatic carbocycles. The average Bonchev–Trinajstić information content (AvgIpc) is 3.18. The number of nitrogens with two attached hydrogens (primary N) is 1. The zero-order chi connectivity index (χ0) is 37.2. The fourth-order valence-electron chi connectivity index (χ4n) is 6.68. The van der Waals surface area contributed by atoms with Crippen LogP contribution < -0.4 is 21.3 Å². The van der Waals surface area contributed by atoms with Gasteiger partial charge in [0.2, 0.25) is 11.8 Å². The van der Waals surface area contributed by atoms with Crippen LogP contribution in [0, 0.1) is 10.1 Å². The van der Waals surface area contributed by atoms with Crippen LogP contribution in [0.5, 0.6) is 0 Å². The number of nitrogens with zero attached hydrogens (tertiary/aromatic N) is 3. The van der Waals surface area contributed by atoms with Crippen LogP contribution in [0.3, 0.4) is 0 Å². The van der Waals surface area contributed by atoms with E-state index >= 15 is 0 Å². The van der Waals surface area contributed by atoms with Crippen molar-refractivity contribution in [1.29, 1.82) is 0 Å². The summed E-state index contributed by atoms with van der Waals surface area (Å²) in [7, 11) is 0. The van der Waals surface area contributed by atoms with Crippen molar-refractivity contribution in [2.45, 2.75) is 57.2 Å². The maximum absolute atomic E-state index is 12.9. The number of ether oxygens (including phenoxy) is 2. The number of nitro benzene ring substituents is 1. The molecule has 278 valence electrons. The van der Waals surface area contributed by atoms with Gasteiger partial charge in [-0.25, -0.2) is 0 Å². The minimum absolute atomic E-state index is 0.0380. The molecular weight excluding hydrogens is 676 g/mol. The van der Waals surface area contributed by atoms with Gasteiger partial charge in [0.25, 0.3) is 5.69 Å². The third kappa shape index (κ3) is 10.4. The predicted molar refractivity (Wildman–Crippen MR) is 203 cm³/mol. The van der Waals surface area contributed by atoms with Crippen molar-refractivity contribution in [3.05, 3.63) is 124 Å². The first-order valence-electron chi connectivity index (χ1n) is 18.0. The van der Waals surface area contributed by atoms with Crippen molar-refractivity contribution in [3.63, 3.8) is 0 Å². The molecule has 0 aromatic heterocycles. The Balaban J connectivity index is 1.04. The van der Waals surface area contributed by atoms with Gasteiger partial charge in [-0.3, -0.25) is 24.6 Å². The number of carbonyl (C=O) groups is 2. The van der Waals surface area contributed by atoms with E-state index in [2.05, 4.69) is 20.4 Å². The maximum Gasteiger partial charge on any atom is 0.269 e. The first-order valence-corrected chi connectivity index (χ1v) is 18.0. The molecule has 53 heavy (non-hydrogen) atoms. The quantitative estimate of drug-likeness (QED) is 0.0510. The summed E-state index contributed by atoms with van der Waals surface area (Å²) in [5, 5.41) is 26.4. The number of amides is 2. The van der Waals surface area contributed by atoms with Gasteiger partial charge in [-0.1, -0.05) is 48.5 Å². The van der Waals surface area contributed by atoms with E-state index in [4.69, 9.17) is 15.2 Å². The number of aliphatic hydroxyl groups is 1. The van der Waals surface area contributed by atoms with Crippen LogP contribution in [0.25, 0.3) is 0 Å². The number of non-ortho nitro benzene ring substituents is 1. The number of para-hydroxylation sites is 2. The van der Waals surface area contributed by atoms with Gasteiger partial charge in [-0.15, -0.1) is 0 Å². The number of aliphatic hydroxyl groups excluding tert-OH is 1. The number of hydrogen-bond donors (Lipinski definition) is 4. The average molecular weight is 723 g/mol. The lowest BCUT2D eigenvalue weighted by Crippen LogP contribution is -2.49. The standard InChI is InChI=1S/C40H46N6O7/c41-35-8-1-2-9-36(35)43-39(49)11-4-3-10-38(48)42-31-7-5-6-30(24-31)40-52-34(25-37(53-40)29-14-12-28(27-47)13-15-29)26-44-20-22-45(23-21-44)32-16-18-33(19-17-32)46(50)51/h1-2,5-9,12-19,24,34,37,40,47H,3-4,10-11,20-23,25-27,41H2,(H,42,48)(H,43,49)/t34-,37+,40+/m0/s1. The third-order valence-electron chi connectivity index (χ3n) is 9.61. The summed E-state index contributed by atoms with van der Waals surface area (Å²) in [6, 6.07) is 29.0. The highest BCUT2D eigenvalue weighted by Crippen LogP contribution is 2.39. The molecule has 0 saturated carbocycles. The van der Waals surface area contributed by atoms with Gasteiger partial charge in [0.15, 0.2) is 6.29 Å². The Hall–Kier alpha value is -5.34. The Morgan fingerprint density at radius 2 is 1.53 bits per heavy atom. The van der Waals surface area contributed by atoms with Gasteiger partial charge in [0.1, 0.15) is 0 Å². The molecule has 2 saturated heterocycles. The minimum atomic E-state index is -0.674. The molecule has 2 aliphatic heterocycles. The normalized spacial score (nSPS) is 19.0. The first-order chi connectivity index (χ1) is 25.7. The highest BCUT2D eigenvalue weighted by atomic mass is 16.7. The van der Waals surface area contributed by atoms with E-state index in [9.17, 15) is 24.8 Å². The lowest BCUT2D eigenvalue weighted by Gasteiger charge is -2.41. The molecule has 2 heterocycles. The van der Waals surface area contributed by atoms with Gasteiger partial charge >= 0.3 is 0 Å². The predicted octanol–water partition coefficient (Wildman–Crippen LogP) is 6.17. The molecule has 0 bridgehead atoms. The first kappa shape index (κ1) is 37.4. The molecule has 6 rings (SSSR count). The summed E-state index contributed by atoms with van der Waals surface area (Å²) in [6.45, 7) is 3.86. The van der Waals surface area contributed by atoms with Crippen LogP contribution in [-0.2, 0) is 25.7 Å². The smallest absolute Gasteiger partial charge is 0.269 e. The molecule has 4 aromatic rings. The molecule has 0 unspecified atom stereocenters. The number of unbranched alkanes of at least 4 members (excludes halogenated alkanes) is 1. The van der Waals surface area contributed by atoms with Crippen LogP contribution in [0.4, 0.5) is 28.4 Å². The Kier molecular flexibility index (Phi) is 12.7. The van der Waals surface area contributed by atoms with E-state index in [1.54, 1.807) is 42.5 Å². The SMILES string of the molecule is Nc1ccccc1NC(=O)CCCCC(=O)Nc1cccc([C@@H]2O[C@H](CN3CCN(c4ccc([N+](=O)[O-])cc4)CC3)C[C@H](c3ccc(CO)cc3)O2)c1. The summed E-state index contributed by atoms with van der Waals surface area (Å²) in [4.78, 5) is 40.5. The third-order valence-corrected chi connectivity index (χ3v) is 9.61. The van der Waals surface area contributed by atoms with Gasteiger partial charge < -0.3 is 35.8 Å². The number of hydrogen-bond acceptors (Lipinski definition) is 10. The van der Waals surface area contributed by atoms with Crippen molar-refractivity contribution in [2.24, 2.45) is 0 Å². The van der Waals surface area contributed by atoms with Gasteiger partial charge in [-0.2, -0.15) is 0 Å². The molecule has 5 N–H and O–H groups in total. The van der Waals surface area contributed by atoms with Crippen molar-refractivity contribution in [1.82, 2.24) is 4.90 Å². The summed E-state index contributed by atoms with van der Waals surface area (Å²) in [5.41, 5.74) is 11.3. The van der Waals surface area contributed by atoms with E-state index < -0.39 is 6.29 Å². The van der Waals surface area contributed by atoms with Gasteiger partial charge in [0.05, 0.1) is 35.1 Å². The topological polar surface area (TPSA) is 173 Å². The van der Waals surface area contributed by atoms with Crippen molar-refractivity contribution in [2.75, 3.05) is 54.0 Å². The Morgan fingerprint density at radius 1 is 0.830 bits per heavy atom. The van der Waals surface area contributed by atoms with Crippen LogP contribution in [0.15, 0.2) is 97.1 Å². The van der Waals surface area contributed by atoms with E-state index in [0.717, 1.165) is 48.6 Å². The number of nitrogens with one attached hydrogen (secondary N) is 2. The number of piperazine rings is 1. The second-order valence-corrected chi connectivity index (χ2v) is 13.4. The number of benzene rings is 4. The number of anilines is 4. The molecule has 2 fully saturated rings. The summed E-state index contributed by atoms with van der Waals surface area (Å²) < 4.78 is 13.1. The van der Waals surface area contributed by atoms with E-state index in [1.807, 2.05) is 54.6 Å². The molecule has 13 heteroatoms. The van der Waals surface area contributed by atoms with Crippen LogP contribution in [0.2, 0.25) is 0 Å². The number of rotatable bonds is 14. The molecule has 0 aliphatic carbocycles. The van der Waals surface area contributed by atoms with Crippen LogP contribution >= 0.6 is 0 Å². The van der Waals surface area contributed by atoms with E-state index in [1.165, 1.54) is 0 Å². The second-order valence-electron chi connectivity index (χ2n) is 13.4. The monoisotopic (exact) mass is 722 g/mol. The second kappa shape index (κ2) is 17.9. The molecule has 0 radical (unpaired) electrons. The summed E-state index contributed by atoms with van der Waals surface area (Å²) >= 11 is 0. The lowest BCUT2D eigenvalue weighted by atomic mass is 9.99. The fraction of sp³-hybridized carbons (Fsp3) is 0.350. The molecule has 2 aliphatic rings.